The van der Waals surface area contributed by atoms with E-state index in [1.54, 1.807) is 30.3 Å². The third-order valence-corrected chi connectivity index (χ3v) is 6.33. The average molecular weight is 469 g/mol. The molecule has 0 aliphatic carbocycles. The molecule has 2 aromatic carbocycles. The van der Waals surface area contributed by atoms with Gasteiger partial charge in [0.15, 0.2) is 11.5 Å². The molecule has 0 saturated heterocycles. The highest BCUT2D eigenvalue weighted by Crippen LogP contribution is 2.35. The van der Waals surface area contributed by atoms with Crippen molar-refractivity contribution in [2.45, 2.75) is 19.9 Å². The normalized spacial score (nSPS) is 13.9. The number of halogens is 1. The number of sulfonamides is 1. The molecule has 0 spiro atoms. The minimum atomic E-state index is -3.74. The number of anilines is 1. The Kier molecular flexibility index (Phi) is 7.17. The van der Waals surface area contributed by atoms with E-state index in [0.717, 1.165) is 16.1 Å². The molecular formula is C21H25ClN2O6S. The van der Waals surface area contributed by atoms with Gasteiger partial charge in [-0.1, -0.05) is 17.7 Å². The number of hydrogen-bond donors (Lipinski definition) is 1. The molecule has 2 aromatic rings. The van der Waals surface area contributed by atoms with Crippen LogP contribution in [0, 0.1) is 6.92 Å². The van der Waals surface area contributed by atoms with Crippen molar-refractivity contribution < 1.29 is 27.4 Å². The highest BCUT2D eigenvalue weighted by molar-refractivity contribution is 7.92. The average Bonchev–Trinajstić information content (AvgIpc) is 2.72. The van der Waals surface area contributed by atoms with E-state index in [2.05, 4.69) is 5.32 Å². The number of aryl methyl sites for hydroxylation is 1. The van der Waals surface area contributed by atoms with E-state index < -0.39 is 22.0 Å². The van der Waals surface area contributed by atoms with E-state index in [1.807, 2.05) is 13.0 Å². The number of carbonyl (C=O) groups is 1. The topological polar surface area (TPSA) is 94.2 Å². The van der Waals surface area contributed by atoms with Crippen molar-refractivity contribution in [2.75, 3.05) is 36.9 Å². The first kappa shape index (κ1) is 23.0. The molecule has 0 radical (unpaired) electrons. The lowest BCUT2D eigenvalue weighted by molar-refractivity contribution is -0.121. The van der Waals surface area contributed by atoms with Gasteiger partial charge >= 0.3 is 0 Å². The van der Waals surface area contributed by atoms with Crippen molar-refractivity contribution in [3.05, 3.63) is 47.0 Å². The molecule has 0 aromatic heterocycles. The predicted molar refractivity (Wildman–Crippen MR) is 119 cm³/mol. The summed E-state index contributed by atoms with van der Waals surface area (Å²) in [5.41, 5.74) is 1.26. The number of nitrogens with one attached hydrogen (secondary N) is 1. The summed E-state index contributed by atoms with van der Waals surface area (Å²) in [6, 6.07) is 9.13. The molecule has 31 heavy (non-hydrogen) atoms. The van der Waals surface area contributed by atoms with E-state index in [-0.39, 0.29) is 13.2 Å². The van der Waals surface area contributed by atoms with Crippen LogP contribution in [-0.4, -0.2) is 53.0 Å². The Bertz CT molecular complexity index is 1060. The highest BCUT2D eigenvalue weighted by Gasteiger charge is 2.30. The van der Waals surface area contributed by atoms with Crippen LogP contribution in [0.1, 0.15) is 12.5 Å². The zero-order valence-corrected chi connectivity index (χ0v) is 19.1. The van der Waals surface area contributed by atoms with Gasteiger partial charge in [-0.25, -0.2) is 8.42 Å². The molecule has 0 saturated carbocycles. The first-order chi connectivity index (χ1) is 14.7. The maximum atomic E-state index is 12.7. The summed E-state index contributed by atoms with van der Waals surface area (Å²) in [7, 11) is -3.74. The summed E-state index contributed by atoms with van der Waals surface area (Å²) in [5.74, 6) is 1.11. The van der Waals surface area contributed by atoms with Gasteiger partial charge in [0.25, 0.3) is 0 Å². The van der Waals surface area contributed by atoms with Crippen molar-refractivity contribution in [3.8, 4) is 17.2 Å². The van der Waals surface area contributed by atoms with E-state index in [1.165, 1.54) is 6.92 Å². The lowest BCUT2D eigenvalue weighted by Gasteiger charge is -2.29. The molecule has 0 bridgehead atoms. The van der Waals surface area contributed by atoms with Gasteiger partial charge in [0.2, 0.25) is 15.9 Å². The number of fused-ring (bicyclic) bond motifs is 1. The van der Waals surface area contributed by atoms with E-state index in [9.17, 15) is 13.2 Å². The molecule has 3 rings (SSSR count). The fraction of sp³-hybridized carbons (Fsp3) is 0.381. The monoisotopic (exact) mass is 468 g/mol. The van der Waals surface area contributed by atoms with E-state index in [4.69, 9.17) is 25.8 Å². The van der Waals surface area contributed by atoms with E-state index >= 15 is 0 Å². The summed E-state index contributed by atoms with van der Waals surface area (Å²) in [6.07, 6.45) is 1.05. The summed E-state index contributed by atoms with van der Waals surface area (Å²) < 4.78 is 42.6. The Morgan fingerprint density at radius 3 is 2.58 bits per heavy atom. The van der Waals surface area contributed by atoms with Crippen LogP contribution >= 0.6 is 11.6 Å². The summed E-state index contributed by atoms with van der Waals surface area (Å²) >= 11 is 6.07. The second kappa shape index (κ2) is 9.65. The van der Waals surface area contributed by atoms with Crippen LogP contribution in [-0.2, 0) is 14.8 Å². The molecule has 1 amide bonds. The smallest absolute Gasteiger partial charge is 0.243 e. The Labute approximate surface area is 187 Å². The number of carbonyl (C=O) groups excluding carboxylic acids is 1. The third kappa shape index (κ3) is 5.74. The van der Waals surface area contributed by atoms with Gasteiger partial charge in [0.1, 0.15) is 31.6 Å². The van der Waals surface area contributed by atoms with Crippen LogP contribution in [0.3, 0.4) is 0 Å². The maximum absolute atomic E-state index is 12.7. The van der Waals surface area contributed by atoms with Crippen LogP contribution in [0.5, 0.6) is 17.2 Å². The molecule has 1 heterocycles. The standard InChI is InChI=1S/C21H25ClN2O6S/c1-14-4-6-17(13-18(14)22)28-9-8-23-21(25)15(2)24(31(3,26)27)16-5-7-19-20(12-16)30-11-10-29-19/h4-7,12-13,15H,8-11H2,1-3H3,(H,23,25)/t15-/m1/s1. The zero-order valence-electron chi connectivity index (χ0n) is 17.6. The molecule has 1 N–H and O–H groups in total. The Balaban J connectivity index is 1.64. The summed E-state index contributed by atoms with van der Waals surface area (Å²) in [5, 5.41) is 3.30. The second-order valence-electron chi connectivity index (χ2n) is 7.11. The van der Waals surface area contributed by atoms with Crippen molar-refractivity contribution in [3.63, 3.8) is 0 Å². The highest BCUT2D eigenvalue weighted by atomic mass is 35.5. The molecular weight excluding hydrogens is 444 g/mol. The fourth-order valence-electron chi connectivity index (χ4n) is 3.13. The number of nitrogens with zero attached hydrogens (tertiary/aromatic N) is 1. The molecule has 8 nitrogen and oxygen atoms in total. The predicted octanol–water partition coefficient (Wildman–Crippen LogP) is 2.77. The summed E-state index contributed by atoms with van der Waals surface area (Å²) in [4.78, 5) is 12.7. The van der Waals surface area contributed by atoms with Gasteiger partial charge in [-0.2, -0.15) is 0 Å². The number of rotatable bonds is 8. The van der Waals surface area contributed by atoms with Gasteiger partial charge in [0.05, 0.1) is 18.5 Å². The summed E-state index contributed by atoms with van der Waals surface area (Å²) in [6.45, 7) is 4.63. The minimum Gasteiger partial charge on any atom is -0.492 e. The van der Waals surface area contributed by atoms with Crippen molar-refractivity contribution in [1.82, 2.24) is 5.32 Å². The fourth-order valence-corrected chi connectivity index (χ4v) is 4.47. The molecule has 1 aliphatic heterocycles. The van der Waals surface area contributed by atoms with Crippen LogP contribution < -0.4 is 23.8 Å². The number of ether oxygens (including phenoxy) is 3. The quantitative estimate of drug-likeness (QED) is 0.599. The molecule has 168 valence electrons. The van der Waals surface area contributed by atoms with Crippen LogP contribution in [0.2, 0.25) is 5.02 Å². The lowest BCUT2D eigenvalue weighted by Crippen LogP contribution is -2.48. The van der Waals surface area contributed by atoms with Crippen molar-refractivity contribution in [1.29, 1.82) is 0 Å². The number of benzene rings is 2. The molecule has 0 unspecified atom stereocenters. The first-order valence-corrected chi connectivity index (χ1v) is 11.9. The number of amides is 1. The van der Waals surface area contributed by atoms with Gasteiger partial charge in [-0.3, -0.25) is 9.10 Å². The Morgan fingerprint density at radius 1 is 1.19 bits per heavy atom. The van der Waals surface area contributed by atoms with Crippen molar-refractivity contribution in [2.24, 2.45) is 0 Å². The van der Waals surface area contributed by atoms with Gasteiger partial charge in [-0.15, -0.1) is 0 Å². The van der Waals surface area contributed by atoms with Gasteiger partial charge in [-0.05, 0) is 43.7 Å². The molecule has 1 aliphatic rings. The van der Waals surface area contributed by atoms with E-state index in [0.29, 0.717) is 41.2 Å². The SMILES string of the molecule is Cc1ccc(OCCNC(=O)[C@@H](C)N(c2ccc3c(c2)OCCO3)S(C)(=O)=O)cc1Cl. The largest absolute Gasteiger partial charge is 0.492 e. The van der Waals surface area contributed by atoms with Crippen LogP contribution in [0.15, 0.2) is 36.4 Å². The minimum absolute atomic E-state index is 0.202. The Morgan fingerprint density at radius 2 is 1.90 bits per heavy atom. The Hall–Kier alpha value is -2.65. The van der Waals surface area contributed by atoms with Crippen LogP contribution in [0.25, 0.3) is 0 Å². The lowest BCUT2D eigenvalue weighted by atomic mass is 10.2. The molecule has 0 fully saturated rings. The first-order valence-electron chi connectivity index (χ1n) is 9.72. The van der Waals surface area contributed by atoms with Gasteiger partial charge < -0.3 is 19.5 Å². The molecule has 10 heteroatoms. The zero-order chi connectivity index (χ0) is 22.6. The maximum Gasteiger partial charge on any atom is 0.243 e. The number of hydrogen-bond acceptors (Lipinski definition) is 6. The molecule has 1 atom stereocenters. The third-order valence-electron chi connectivity index (χ3n) is 4.68. The van der Waals surface area contributed by atoms with Crippen LogP contribution in [0.4, 0.5) is 5.69 Å². The van der Waals surface area contributed by atoms with Crippen molar-refractivity contribution >= 4 is 33.2 Å². The second-order valence-corrected chi connectivity index (χ2v) is 9.38. The van der Waals surface area contributed by atoms with Gasteiger partial charge in [0, 0.05) is 11.1 Å².